The Kier molecular flexibility index (Phi) is 5.85. The number of nitrogens with one attached hydrogen (secondary N) is 3. The van der Waals surface area contributed by atoms with Crippen LogP contribution in [-0.4, -0.2) is 37.5 Å². The van der Waals surface area contributed by atoms with Crippen molar-refractivity contribution >= 4 is 11.8 Å². The summed E-state index contributed by atoms with van der Waals surface area (Å²) in [5.74, 6) is 0.132. The summed E-state index contributed by atoms with van der Waals surface area (Å²) in [6.45, 7) is 3.58. The van der Waals surface area contributed by atoms with E-state index in [9.17, 15) is 9.59 Å². The molecule has 3 N–H and O–H groups in total. The molecule has 0 aliphatic heterocycles. The zero-order valence-electron chi connectivity index (χ0n) is 9.84. The summed E-state index contributed by atoms with van der Waals surface area (Å²) < 4.78 is 0. The number of likely N-dealkylation sites (N-methyl/N-ethyl adjacent to an activating group) is 1. The highest BCUT2D eigenvalue weighted by Crippen LogP contribution is 2.18. The maximum absolute atomic E-state index is 11.3. The van der Waals surface area contributed by atoms with Gasteiger partial charge in [-0.1, -0.05) is 0 Å². The molecule has 1 saturated carbocycles. The second kappa shape index (κ2) is 7.22. The van der Waals surface area contributed by atoms with Gasteiger partial charge in [0.25, 0.3) is 0 Å². The van der Waals surface area contributed by atoms with Crippen LogP contribution in [0.3, 0.4) is 0 Å². The summed E-state index contributed by atoms with van der Waals surface area (Å²) in [7, 11) is 0. The van der Waals surface area contributed by atoms with E-state index in [-0.39, 0.29) is 11.8 Å². The van der Waals surface area contributed by atoms with Gasteiger partial charge < -0.3 is 16.0 Å². The Bertz CT molecular complexity index is 239. The largest absolute Gasteiger partial charge is 0.355 e. The summed E-state index contributed by atoms with van der Waals surface area (Å²) in [5, 5.41) is 8.63. The Morgan fingerprint density at radius 3 is 2.62 bits per heavy atom. The van der Waals surface area contributed by atoms with Crippen LogP contribution in [-0.2, 0) is 9.59 Å². The molecule has 1 fully saturated rings. The Morgan fingerprint density at radius 2 is 2.00 bits per heavy atom. The lowest BCUT2D eigenvalue weighted by molar-refractivity contribution is -0.121. The van der Waals surface area contributed by atoms with E-state index in [1.54, 1.807) is 0 Å². The van der Waals surface area contributed by atoms with Crippen molar-refractivity contribution < 1.29 is 9.59 Å². The molecule has 0 saturated heterocycles. The van der Waals surface area contributed by atoms with Crippen LogP contribution in [0.2, 0.25) is 0 Å². The fourth-order valence-corrected chi connectivity index (χ4v) is 1.36. The van der Waals surface area contributed by atoms with Gasteiger partial charge in [-0.3, -0.25) is 9.59 Å². The average Bonchev–Trinajstić information content (AvgIpc) is 3.01. The van der Waals surface area contributed by atoms with Gasteiger partial charge in [-0.15, -0.1) is 0 Å². The first kappa shape index (κ1) is 13.0. The molecule has 0 atom stereocenters. The predicted octanol–water partition coefficient (Wildman–Crippen LogP) is -0.229. The van der Waals surface area contributed by atoms with Gasteiger partial charge >= 0.3 is 0 Å². The molecule has 1 aliphatic rings. The quantitative estimate of drug-likeness (QED) is 0.502. The normalized spacial score (nSPS) is 14.6. The minimum absolute atomic E-state index is 0.00457. The molecule has 0 radical (unpaired) electrons. The molecule has 2 amide bonds. The zero-order chi connectivity index (χ0) is 11.8. The number of carbonyl (C=O) groups is 2. The van der Waals surface area contributed by atoms with Gasteiger partial charge in [-0.25, -0.2) is 0 Å². The Labute approximate surface area is 96.4 Å². The monoisotopic (exact) mass is 227 g/mol. The van der Waals surface area contributed by atoms with Crippen molar-refractivity contribution in [2.75, 3.05) is 19.6 Å². The Hall–Kier alpha value is -1.10. The number of rotatable bonds is 8. The molecule has 0 aromatic carbocycles. The minimum atomic E-state index is 0.00457. The van der Waals surface area contributed by atoms with Crippen LogP contribution in [0.4, 0.5) is 0 Å². The highest BCUT2D eigenvalue weighted by Gasteiger charge is 2.22. The van der Waals surface area contributed by atoms with Crippen molar-refractivity contribution in [2.24, 2.45) is 0 Å². The van der Waals surface area contributed by atoms with Gasteiger partial charge in [0.2, 0.25) is 11.8 Å². The van der Waals surface area contributed by atoms with Crippen LogP contribution < -0.4 is 16.0 Å². The molecule has 0 unspecified atom stereocenters. The Balaban J connectivity index is 1.86. The number of amides is 2. The van der Waals surface area contributed by atoms with Gasteiger partial charge in [0.1, 0.15) is 0 Å². The van der Waals surface area contributed by atoms with E-state index in [4.69, 9.17) is 0 Å². The molecule has 5 nitrogen and oxygen atoms in total. The van der Waals surface area contributed by atoms with Crippen LogP contribution in [0.1, 0.15) is 32.6 Å². The van der Waals surface area contributed by atoms with Crippen molar-refractivity contribution in [3.8, 4) is 0 Å². The topological polar surface area (TPSA) is 70.2 Å². The summed E-state index contributed by atoms with van der Waals surface area (Å²) in [5.41, 5.74) is 0. The third kappa shape index (κ3) is 6.40. The molecule has 0 heterocycles. The molecule has 5 heteroatoms. The van der Waals surface area contributed by atoms with Gasteiger partial charge in [0.05, 0.1) is 6.54 Å². The van der Waals surface area contributed by atoms with E-state index in [1.807, 2.05) is 6.92 Å². The summed E-state index contributed by atoms with van der Waals surface area (Å²) in [6.07, 6.45) is 3.57. The van der Waals surface area contributed by atoms with E-state index >= 15 is 0 Å². The average molecular weight is 227 g/mol. The molecule has 1 rings (SSSR count). The maximum atomic E-state index is 11.3. The molecule has 16 heavy (non-hydrogen) atoms. The number of hydrogen-bond acceptors (Lipinski definition) is 3. The molecule has 0 spiro atoms. The lowest BCUT2D eigenvalue weighted by Crippen LogP contribution is -2.34. The first-order chi connectivity index (χ1) is 7.72. The van der Waals surface area contributed by atoms with Gasteiger partial charge in [-0.05, 0) is 32.7 Å². The summed E-state index contributed by atoms with van der Waals surface area (Å²) >= 11 is 0. The highest BCUT2D eigenvalue weighted by atomic mass is 16.2. The molecule has 0 aromatic rings. The van der Waals surface area contributed by atoms with E-state index in [0.29, 0.717) is 32.1 Å². The first-order valence-corrected chi connectivity index (χ1v) is 5.99. The number of hydrogen-bond donors (Lipinski definition) is 3. The molecule has 0 bridgehead atoms. The van der Waals surface area contributed by atoms with Gasteiger partial charge in [0.15, 0.2) is 0 Å². The zero-order valence-corrected chi connectivity index (χ0v) is 9.84. The maximum Gasteiger partial charge on any atom is 0.233 e. The minimum Gasteiger partial charge on any atom is -0.355 e. The lowest BCUT2D eigenvalue weighted by Gasteiger charge is -2.05. The van der Waals surface area contributed by atoms with E-state index < -0.39 is 0 Å². The van der Waals surface area contributed by atoms with Crippen LogP contribution in [0.5, 0.6) is 0 Å². The third-order valence-electron chi connectivity index (χ3n) is 2.36. The van der Waals surface area contributed by atoms with E-state index in [0.717, 1.165) is 19.3 Å². The van der Waals surface area contributed by atoms with Crippen LogP contribution >= 0.6 is 0 Å². The van der Waals surface area contributed by atoms with E-state index in [1.165, 1.54) is 0 Å². The molecule has 92 valence electrons. The second-order valence-electron chi connectivity index (χ2n) is 4.08. The van der Waals surface area contributed by atoms with Crippen molar-refractivity contribution in [2.45, 2.75) is 38.6 Å². The van der Waals surface area contributed by atoms with Gasteiger partial charge in [-0.2, -0.15) is 0 Å². The lowest BCUT2D eigenvalue weighted by atomic mass is 10.3. The van der Waals surface area contributed by atoms with Crippen molar-refractivity contribution in [1.82, 2.24) is 16.0 Å². The van der Waals surface area contributed by atoms with Crippen LogP contribution in [0.15, 0.2) is 0 Å². The molecular weight excluding hydrogens is 206 g/mol. The summed E-state index contributed by atoms with van der Waals surface area (Å²) in [4.78, 5) is 22.3. The second-order valence-corrected chi connectivity index (χ2v) is 4.08. The van der Waals surface area contributed by atoms with Crippen molar-refractivity contribution in [3.05, 3.63) is 0 Å². The van der Waals surface area contributed by atoms with Crippen molar-refractivity contribution in [3.63, 3.8) is 0 Å². The fourth-order valence-electron chi connectivity index (χ4n) is 1.36. The summed E-state index contributed by atoms with van der Waals surface area (Å²) in [6, 6.07) is 0.441. The predicted molar refractivity (Wildman–Crippen MR) is 62.0 cm³/mol. The van der Waals surface area contributed by atoms with E-state index in [2.05, 4.69) is 16.0 Å². The molecule has 0 aromatic heterocycles. The fraction of sp³-hybridized carbons (Fsp3) is 0.818. The molecular formula is C11H21N3O2. The number of carbonyl (C=O) groups excluding carboxylic acids is 2. The van der Waals surface area contributed by atoms with Crippen LogP contribution in [0, 0.1) is 0 Å². The van der Waals surface area contributed by atoms with Crippen molar-refractivity contribution in [1.29, 1.82) is 0 Å². The highest BCUT2D eigenvalue weighted by molar-refractivity contribution is 5.78. The van der Waals surface area contributed by atoms with Crippen LogP contribution in [0.25, 0.3) is 0 Å². The standard InChI is InChI=1S/C11H21N3O2/c1-2-13-11(16)8-12-7-3-4-10(15)14-9-5-6-9/h9,12H,2-8H2,1H3,(H,13,16)(H,14,15). The third-order valence-corrected chi connectivity index (χ3v) is 2.36. The molecule has 1 aliphatic carbocycles. The van der Waals surface area contributed by atoms with Gasteiger partial charge in [0, 0.05) is 19.0 Å². The SMILES string of the molecule is CCNC(=O)CNCCCC(=O)NC1CC1. The smallest absolute Gasteiger partial charge is 0.233 e. The first-order valence-electron chi connectivity index (χ1n) is 5.99. The Morgan fingerprint density at radius 1 is 1.25 bits per heavy atom.